The van der Waals surface area contributed by atoms with Crippen LogP contribution in [0.1, 0.15) is 37.3 Å². The van der Waals surface area contributed by atoms with Crippen LogP contribution in [0.15, 0.2) is 6.07 Å². The van der Waals surface area contributed by atoms with Crippen molar-refractivity contribution in [1.29, 1.82) is 0 Å². The fourth-order valence-corrected chi connectivity index (χ4v) is 5.66. The van der Waals surface area contributed by atoms with Gasteiger partial charge in [0, 0.05) is 11.8 Å². The number of sulfone groups is 1. The van der Waals surface area contributed by atoms with Crippen LogP contribution in [0, 0.1) is 5.92 Å². The molecule has 0 saturated heterocycles. The Kier molecular flexibility index (Phi) is 5.37. The number of halogens is 2. The molecule has 0 bridgehead atoms. The Hall–Kier alpha value is 0.150. The zero-order valence-corrected chi connectivity index (χ0v) is 14.2. The number of hydrogen-bond acceptors (Lipinski definition) is 5. The fourth-order valence-electron chi connectivity index (χ4n) is 2.92. The van der Waals surface area contributed by atoms with Gasteiger partial charge in [-0.05, 0) is 31.2 Å². The Bertz CT molecular complexity index is 574. The average Bonchev–Trinajstić information content (AvgIpc) is 2.69. The molecule has 1 aliphatic carbocycles. The first kappa shape index (κ1) is 16.5. The molecule has 8 heteroatoms. The number of rotatable bonds is 4. The molecule has 4 nitrogen and oxygen atoms in total. The van der Waals surface area contributed by atoms with Gasteiger partial charge in [-0.1, -0.05) is 29.6 Å². The van der Waals surface area contributed by atoms with E-state index in [1.165, 1.54) is 17.6 Å². The summed E-state index contributed by atoms with van der Waals surface area (Å²) >= 11 is 13.5. The molecule has 3 N–H and O–H groups in total. The maximum absolute atomic E-state index is 11.8. The van der Waals surface area contributed by atoms with Gasteiger partial charge in [-0.25, -0.2) is 8.42 Å². The standard InChI is InChI=1S/C12H18Cl2N2O2S2/c1-20(17,18)8-4-2-3-7(5-8)11(16-15)9-6-10(13)19-12(9)14/h6-8,11,16H,2-5,15H2,1H3. The first-order valence-electron chi connectivity index (χ1n) is 6.42. The Morgan fingerprint density at radius 3 is 2.65 bits per heavy atom. The van der Waals surface area contributed by atoms with Gasteiger partial charge in [0.05, 0.1) is 20.0 Å². The highest BCUT2D eigenvalue weighted by Gasteiger charge is 2.34. The van der Waals surface area contributed by atoms with Crippen LogP contribution in [0.25, 0.3) is 0 Å². The molecule has 1 fully saturated rings. The van der Waals surface area contributed by atoms with Crippen LogP contribution in [0.2, 0.25) is 8.67 Å². The van der Waals surface area contributed by atoms with Gasteiger partial charge in [-0.2, -0.15) is 0 Å². The van der Waals surface area contributed by atoms with Gasteiger partial charge in [-0.15, -0.1) is 11.3 Å². The van der Waals surface area contributed by atoms with Crippen LogP contribution in [0.3, 0.4) is 0 Å². The highest BCUT2D eigenvalue weighted by atomic mass is 35.5. The lowest BCUT2D eigenvalue weighted by atomic mass is 9.82. The van der Waals surface area contributed by atoms with Crippen molar-refractivity contribution >= 4 is 44.4 Å². The van der Waals surface area contributed by atoms with Gasteiger partial charge >= 0.3 is 0 Å². The van der Waals surface area contributed by atoms with E-state index in [-0.39, 0.29) is 17.2 Å². The van der Waals surface area contributed by atoms with Crippen molar-refractivity contribution in [2.75, 3.05) is 6.26 Å². The van der Waals surface area contributed by atoms with Crippen LogP contribution in [0.5, 0.6) is 0 Å². The van der Waals surface area contributed by atoms with E-state index in [4.69, 9.17) is 29.0 Å². The van der Waals surface area contributed by atoms with E-state index in [9.17, 15) is 8.42 Å². The predicted molar refractivity (Wildman–Crippen MR) is 85.0 cm³/mol. The molecule has 1 heterocycles. The van der Waals surface area contributed by atoms with E-state index in [1.807, 2.05) is 6.07 Å². The van der Waals surface area contributed by atoms with Gasteiger partial charge in [0.25, 0.3) is 0 Å². The monoisotopic (exact) mass is 356 g/mol. The van der Waals surface area contributed by atoms with Gasteiger partial charge in [0.1, 0.15) is 9.84 Å². The highest BCUT2D eigenvalue weighted by Crippen LogP contribution is 2.42. The quantitative estimate of drug-likeness (QED) is 0.641. The summed E-state index contributed by atoms with van der Waals surface area (Å²) in [5.74, 6) is 5.82. The molecular formula is C12H18Cl2N2O2S2. The van der Waals surface area contributed by atoms with Crippen LogP contribution in [-0.2, 0) is 9.84 Å². The summed E-state index contributed by atoms with van der Waals surface area (Å²) in [7, 11) is -3.01. The molecule has 2 rings (SSSR count). The minimum Gasteiger partial charge on any atom is -0.271 e. The first-order valence-corrected chi connectivity index (χ1v) is 9.95. The lowest BCUT2D eigenvalue weighted by molar-refractivity contribution is 0.275. The molecule has 0 aliphatic heterocycles. The van der Waals surface area contributed by atoms with Crippen LogP contribution < -0.4 is 11.3 Å². The summed E-state index contributed by atoms with van der Waals surface area (Å²) in [5.41, 5.74) is 3.65. The van der Waals surface area contributed by atoms with E-state index in [0.29, 0.717) is 15.1 Å². The van der Waals surface area contributed by atoms with Crippen molar-refractivity contribution < 1.29 is 8.42 Å². The summed E-state index contributed by atoms with van der Waals surface area (Å²) < 4.78 is 24.7. The highest BCUT2D eigenvalue weighted by molar-refractivity contribution is 7.91. The van der Waals surface area contributed by atoms with E-state index in [1.54, 1.807) is 0 Å². The topological polar surface area (TPSA) is 72.2 Å². The second kappa shape index (κ2) is 6.50. The predicted octanol–water partition coefficient (Wildman–Crippen LogP) is 3.16. The fraction of sp³-hybridized carbons (Fsp3) is 0.667. The number of thiophene rings is 1. The summed E-state index contributed by atoms with van der Waals surface area (Å²) in [4.78, 5) is 0. The Morgan fingerprint density at radius 2 is 2.15 bits per heavy atom. The van der Waals surface area contributed by atoms with Gasteiger partial charge in [0.15, 0.2) is 0 Å². The van der Waals surface area contributed by atoms with Crippen molar-refractivity contribution in [3.63, 3.8) is 0 Å². The largest absolute Gasteiger partial charge is 0.271 e. The SMILES string of the molecule is CS(=O)(=O)C1CCCC(C(NN)c2cc(Cl)sc2Cl)C1. The molecule has 3 unspecified atom stereocenters. The van der Waals surface area contributed by atoms with Gasteiger partial charge < -0.3 is 0 Å². The number of nitrogens with two attached hydrogens (primary N) is 1. The molecule has 1 saturated carbocycles. The van der Waals surface area contributed by atoms with E-state index in [2.05, 4.69) is 5.43 Å². The lowest BCUT2D eigenvalue weighted by Gasteiger charge is -2.33. The van der Waals surface area contributed by atoms with Crippen LogP contribution >= 0.6 is 34.5 Å². The maximum Gasteiger partial charge on any atom is 0.150 e. The average molecular weight is 357 g/mol. The molecule has 1 aromatic heterocycles. The molecular weight excluding hydrogens is 339 g/mol. The summed E-state index contributed by atoms with van der Waals surface area (Å²) in [6.45, 7) is 0. The van der Waals surface area contributed by atoms with Crippen LogP contribution in [-0.4, -0.2) is 19.9 Å². The molecule has 0 aromatic carbocycles. The maximum atomic E-state index is 11.8. The summed E-state index contributed by atoms with van der Waals surface area (Å²) in [5, 5.41) is -0.287. The summed E-state index contributed by atoms with van der Waals surface area (Å²) in [6, 6.07) is 1.65. The normalized spacial score (nSPS) is 25.6. The molecule has 1 aromatic rings. The van der Waals surface area contributed by atoms with E-state index >= 15 is 0 Å². The van der Waals surface area contributed by atoms with Crippen molar-refractivity contribution in [2.45, 2.75) is 37.0 Å². The second-order valence-corrected chi connectivity index (χ2v) is 9.91. The number of nitrogens with one attached hydrogen (secondary N) is 1. The minimum absolute atomic E-state index is 0.150. The Morgan fingerprint density at radius 1 is 1.45 bits per heavy atom. The van der Waals surface area contributed by atoms with Crippen molar-refractivity contribution in [1.82, 2.24) is 5.43 Å². The van der Waals surface area contributed by atoms with E-state index in [0.717, 1.165) is 24.8 Å². The molecule has 20 heavy (non-hydrogen) atoms. The van der Waals surface area contributed by atoms with Crippen molar-refractivity contribution in [2.24, 2.45) is 11.8 Å². The molecule has 114 valence electrons. The van der Waals surface area contributed by atoms with Crippen LogP contribution in [0.4, 0.5) is 0 Å². The zero-order chi connectivity index (χ0) is 14.9. The summed E-state index contributed by atoms with van der Waals surface area (Å²) in [6.07, 6.45) is 4.46. The molecule has 0 amide bonds. The molecule has 1 aliphatic rings. The zero-order valence-electron chi connectivity index (χ0n) is 11.1. The van der Waals surface area contributed by atoms with E-state index < -0.39 is 9.84 Å². The first-order chi connectivity index (χ1) is 9.32. The number of hydrogen-bond donors (Lipinski definition) is 2. The third kappa shape index (κ3) is 3.67. The van der Waals surface area contributed by atoms with Crippen molar-refractivity contribution in [3.05, 3.63) is 20.3 Å². The van der Waals surface area contributed by atoms with Gasteiger partial charge in [0.2, 0.25) is 0 Å². The third-order valence-corrected chi connectivity index (χ3v) is 7.10. The lowest BCUT2D eigenvalue weighted by Crippen LogP contribution is -2.38. The molecule has 0 radical (unpaired) electrons. The molecule has 3 atom stereocenters. The van der Waals surface area contributed by atoms with Crippen molar-refractivity contribution in [3.8, 4) is 0 Å². The second-order valence-electron chi connectivity index (χ2n) is 5.30. The Balaban J connectivity index is 2.21. The minimum atomic E-state index is -3.01. The third-order valence-electron chi connectivity index (χ3n) is 3.94. The molecule has 0 spiro atoms. The van der Waals surface area contributed by atoms with Gasteiger partial charge in [-0.3, -0.25) is 11.3 Å². The Labute approximate surface area is 133 Å². The smallest absolute Gasteiger partial charge is 0.150 e. The number of hydrazine groups is 1.